The highest BCUT2D eigenvalue weighted by Gasteiger charge is 2.17. The fraction of sp³-hybridized carbons (Fsp3) is 0.692. The highest BCUT2D eigenvalue weighted by Crippen LogP contribution is 2.25. The average Bonchev–Trinajstić information content (AvgIpc) is 2.28. The molecule has 4 heteroatoms. The van der Waals surface area contributed by atoms with Crippen LogP contribution < -0.4 is 5.32 Å². The van der Waals surface area contributed by atoms with Crippen molar-refractivity contribution in [3.63, 3.8) is 0 Å². The van der Waals surface area contributed by atoms with Gasteiger partial charge in [0.2, 0.25) is 0 Å². The van der Waals surface area contributed by atoms with Crippen LogP contribution in [-0.2, 0) is 0 Å². The Morgan fingerprint density at radius 2 is 2.12 bits per heavy atom. The van der Waals surface area contributed by atoms with Gasteiger partial charge in [0.1, 0.15) is 17.2 Å². The first-order valence-electron chi connectivity index (χ1n) is 6.24. The largest absolute Gasteiger partial charge is 0.368 e. The molecule has 1 heterocycles. The Kier molecular flexibility index (Phi) is 5.69. The molecule has 0 saturated carbocycles. The van der Waals surface area contributed by atoms with Gasteiger partial charge < -0.3 is 5.32 Å². The molecule has 1 aromatic heterocycles. The molecule has 0 bridgehead atoms. The summed E-state index contributed by atoms with van der Waals surface area (Å²) in [6.07, 6.45) is 8.19. The summed E-state index contributed by atoms with van der Waals surface area (Å²) in [5.74, 6) is 0.727. The summed E-state index contributed by atoms with van der Waals surface area (Å²) in [4.78, 5) is 7.99. The fourth-order valence-corrected chi connectivity index (χ4v) is 1.88. The molecule has 0 aliphatic heterocycles. The smallest absolute Gasteiger partial charge is 0.148 e. The second kappa shape index (κ2) is 6.80. The van der Waals surface area contributed by atoms with Crippen LogP contribution in [0.15, 0.2) is 12.5 Å². The molecule has 1 N–H and O–H groups in total. The Bertz CT molecular complexity index is 339. The summed E-state index contributed by atoms with van der Waals surface area (Å²) in [6.45, 7) is 7.65. The maximum atomic E-state index is 5.99. The van der Waals surface area contributed by atoms with E-state index in [0.717, 1.165) is 12.4 Å². The van der Waals surface area contributed by atoms with Crippen LogP contribution in [0.25, 0.3) is 0 Å². The van der Waals surface area contributed by atoms with E-state index in [9.17, 15) is 0 Å². The van der Waals surface area contributed by atoms with Crippen LogP contribution in [-0.4, -0.2) is 16.5 Å². The Balaban J connectivity index is 2.41. The van der Waals surface area contributed by atoms with E-state index in [1.54, 1.807) is 6.20 Å². The van der Waals surface area contributed by atoms with Crippen LogP contribution in [0.5, 0.6) is 0 Å². The summed E-state index contributed by atoms with van der Waals surface area (Å²) >= 11 is 5.99. The number of halogens is 1. The van der Waals surface area contributed by atoms with Gasteiger partial charge >= 0.3 is 0 Å². The van der Waals surface area contributed by atoms with E-state index in [1.165, 1.54) is 32.0 Å². The number of unbranched alkanes of at least 4 members (excludes halogenated alkanes) is 2. The van der Waals surface area contributed by atoms with E-state index in [1.807, 2.05) is 0 Å². The number of aromatic nitrogens is 2. The van der Waals surface area contributed by atoms with E-state index in [2.05, 4.69) is 36.1 Å². The Morgan fingerprint density at radius 1 is 1.35 bits per heavy atom. The summed E-state index contributed by atoms with van der Waals surface area (Å²) in [5, 5.41) is 3.88. The molecule has 0 radical (unpaired) electrons. The molecule has 3 nitrogen and oxygen atoms in total. The minimum atomic E-state index is 0.267. The van der Waals surface area contributed by atoms with Crippen molar-refractivity contribution in [3.8, 4) is 0 Å². The van der Waals surface area contributed by atoms with Crippen LogP contribution >= 0.6 is 11.6 Å². The van der Waals surface area contributed by atoms with Gasteiger partial charge in [0.05, 0.1) is 6.20 Å². The average molecular weight is 256 g/mol. The maximum absolute atomic E-state index is 5.99. The molecule has 0 amide bonds. The van der Waals surface area contributed by atoms with Gasteiger partial charge in [0, 0.05) is 6.54 Å². The number of nitrogens with one attached hydrogen (secondary N) is 1. The van der Waals surface area contributed by atoms with Crippen LogP contribution in [0, 0.1) is 5.41 Å². The zero-order valence-corrected chi connectivity index (χ0v) is 11.7. The summed E-state index contributed by atoms with van der Waals surface area (Å²) in [5.41, 5.74) is 0.267. The predicted octanol–water partition coefficient (Wildman–Crippen LogP) is 4.15. The van der Waals surface area contributed by atoms with Crippen molar-refractivity contribution in [2.45, 2.75) is 46.5 Å². The molecule has 96 valence electrons. The van der Waals surface area contributed by atoms with Gasteiger partial charge in [-0.25, -0.2) is 9.97 Å². The van der Waals surface area contributed by atoms with Gasteiger partial charge in [0.15, 0.2) is 0 Å². The first-order valence-corrected chi connectivity index (χ1v) is 6.62. The number of anilines is 1. The molecule has 0 unspecified atom stereocenters. The minimum absolute atomic E-state index is 0.267. The SMILES string of the molecule is CCCCCC(C)(C)CNc1ncncc1Cl. The summed E-state index contributed by atoms with van der Waals surface area (Å²) in [6, 6.07) is 0. The van der Waals surface area contributed by atoms with Crippen molar-refractivity contribution in [1.29, 1.82) is 0 Å². The summed E-state index contributed by atoms with van der Waals surface area (Å²) in [7, 11) is 0. The van der Waals surface area contributed by atoms with Gasteiger partial charge in [-0.05, 0) is 11.8 Å². The quantitative estimate of drug-likeness (QED) is 0.744. The van der Waals surface area contributed by atoms with E-state index in [0.29, 0.717) is 5.02 Å². The molecule has 0 aliphatic carbocycles. The fourth-order valence-electron chi connectivity index (χ4n) is 1.71. The standard InChI is InChI=1S/C13H22ClN3/c1-4-5-6-7-13(2,3)9-16-12-11(14)8-15-10-17-12/h8,10H,4-7,9H2,1-3H3,(H,15,16,17). The third-order valence-electron chi connectivity index (χ3n) is 2.86. The van der Waals surface area contributed by atoms with Crippen molar-refractivity contribution >= 4 is 17.4 Å². The molecule has 0 spiro atoms. The maximum Gasteiger partial charge on any atom is 0.148 e. The molecule has 1 aromatic rings. The molecule has 0 saturated heterocycles. The molecule has 0 aromatic carbocycles. The summed E-state index contributed by atoms with van der Waals surface area (Å²) < 4.78 is 0. The van der Waals surface area contributed by atoms with E-state index in [-0.39, 0.29) is 5.41 Å². The van der Waals surface area contributed by atoms with Gasteiger partial charge in [0.25, 0.3) is 0 Å². The highest BCUT2D eigenvalue weighted by molar-refractivity contribution is 6.32. The second-order valence-electron chi connectivity index (χ2n) is 5.19. The second-order valence-corrected chi connectivity index (χ2v) is 5.60. The molecule has 0 fully saturated rings. The van der Waals surface area contributed by atoms with Crippen molar-refractivity contribution in [2.24, 2.45) is 5.41 Å². The van der Waals surface area contributed by atoms with Crippen LogP contribution in [0.2, 0.25) is 5.02 Å². The van der Waals surface area contributed by atoms with E-state index in [4.69, 9.17) is 11.6 Å². The lowest BCUT2D eigenvalue weighted by Crippen LogP contribution is -2.23. The van der Waals surface area contributed by atoms with E-state index >= 15 is 0 Å². The molecule has 1 rings (SSSR count). The Hall–Kier alpha value is -0.830. The number of hydrogen-bond acceptors (Lipinski definition) is 3. The topological polar surface area (TPSA) is 37.8 Å². The number of nitrogens with zero attached hydrogens (tertiary/aromatic N) is 2. The first kappa shape index (κ1) is 14.2. The third kappa shape index (κ3) is 5.35. The monoisotopic (exact) mass is 255 g/mol. The van der Waals surface area contributed by atoms with Crippen LogP contribution in [0.1, 0.15) is 46.5 Å². The normalized spacial score (nSPS) is 11.5. The zero-order valence-electron chi connectivity index (χ0n) is 11.0. The predicted molar refractivity (Wildman–Crippen MR) is 73.5 cm³/mol. The third-order valence-corrected chi connectivity index (χ3v) is 3.14. The molecular formula is C13H22ClN3. The number of rotatable bonds is 7. The van der Waals surface area contributed by atoms with Crippen molar-refractivity contribution < 1.29 is 0 Å². The van der Waals surface area contributed by atoms with E-state index < -0.39 is 0 Å². The van der Waals surface area contributed by atoms with Gasteiger partial charge in [-0.1, -0.05) is 51.6 Å². The molecule has 0 aliphatic rings. The Morgan fingerprint density at radius 3 is 2.76 bits per heavy atom. The minimum Gasteiger partial charge on any atom is -0.368 e. The van der Waals surface area contributed by atoms with Crippen molar-refractivity contribution in [3.05, 3.63) is 17.5 Å². The first-order chi connectivity index (χ1) is 8.05. The molecule has 17 heavy (non-hydrogen) atoms. The molecule has 0 atom stereocenters. The van der Waals surface area contributed by atoms with Gasteiger partial charge in [-0.15, -0.1) is 0 Å². The highest BCUT2D eigenvalue weighted by atomic mass is 35.5. The van der Waals surface area contributed by atoms with Crippen molar-refractivity contribution in [1.82, 2.24) is 9.97 Å². The lowest BCUT2D eigenvalue weighted by atomic mass is 9.87. The lowest BCUT2D eigenvalue weighted by Gasteiger charge is -2.25. The van der Waals surface area contributed by atoms with Crippen LogP contribution in [0.3, 0.4) is 0 Å². The lowest BCUT2D eigenvalue weighted by molar-refractivity contribution is 0.342. The van der Waals surface area contributed by atoms with Gasteiger partial charge in [-0.3, -0.25) is 0 Å². The Labute approximate surface area is 109 Å². The van der Waals surface area contributed by atoms with Gasteiger partial charge in [-0.2, -0.15) is 0 Å². The number of hydrogen-bond donors (Lipinski definition) is 1. The zero-order chi connectivity index (χ0) is 12.7. The van der Waals surface area contributed by atoms with Crippen molar-refractivity contribution in [2.75, 3.05) is 11.9 Å². The molecular weight excluding hydrogens is 234 g/mol. The van der Waals surface area contributed by atoms with Crippen LogP contribution in [0.4, 0.5) is 5.82 Å².